The Morgan fingerprint density at radius 3 is 2.80 bits per heavy atom. The second kappa shape index (κ2) is 4.47. The van der Waals surface area contributed by atoms with Crippen molar-refractivity contribution in [2.45, 2.75) is 38.6 Å². The number of carbonyl (C=O) groups excluding carboxylic acids is 1. The molecule has 4 nitrogen and oxygen atoms in total. The number of hydrogen-bond donors (Lipinski definition) is 1. The molecule has 1 heterocycles. The first-order valence-electron chi connectivity index (χ1n) is 5.45. The third-order valence-corrected chi connectivity index (χ3v) is 3.02. The largest absolute Gasteiger partial charge is 0.451 e. The van der Waals surface area contributed by atoms with Gasteiger partial charge >= 0.3 is 0 Å². The van der Waals surface area contributed by atoms with Crippen molar-refractivity contribution in [2.75, 3.05) is 0 Å². The summed E-state index contributed by atoms with van der Waals surface area (Å²) in [6, 6.07) is 0.311. The minimum absolute atomic E-state index is 0.122. The fourth-order valence-corrected chi connectivity index (χ4v) is 1.99. The lowest BCUT2D eigenvalue weighted by molar-refractivity contribution is 0.0918. The number of oxazole rings is 1. The van der Waals surface area contributed by atoms with Crippen molar-refractivity contribution < 1.29 is 9.21 Å². The Kier molecular flexibility index (Phi) is 3.04. The molecule has 0 aromatic carbocycles. The SMILES string of the molecule is CC1CCC(NC(=O)c2cocn2)CC1. The van der Waals surface area contributed by atoms with Gasteiger partial charge in [0.15, 0.2) is 12.1 Å². The lowest BCUT2D eigenvalue weighted by atomic mass is 9.87. The molecule has 0 bridgehead atoms. The molecule has 1 amide bonds. The Hall–Kier alpha value is -1.32. The first-order chi connectivity index (χ1) is 7.25. The fraction of sp³-hybridized carbons (Fsp3) is 0.636. The average molecular weight is 208 g/mol. The van der Waals surface area contributed by atoms with E-state index >= 15 is 0 Å². The molecule has 1 aromatic rings. The third kappa shape index (κ3) is 2.58. The summed E-state index contributed by atoms with van der Waals surface area (Å²) < 4.78 is 4.77. The van der Waals surface area contributed by atoms with Crippen molar-refractivity contribution in [3.63, 3.8) is 0 Å². The zero-order chi connectivity index (χ0) is 10.7. The quantitative estimate of drug-likeness (QED) is 0.808. The molecule has 0 aliphatic heterocycles. The molecular weight excluding hydrogens is 192 g/mol. The lowest BCUT2D eigenvalue weighted by Gasteiger charge is -2.26. The Morgan fingerprint density at radius 2 is 2.20 bits per heavy atom. The number of nitrogens with one attached hydrogen (secondary N) is 1. The molecule has 1 aliphatic carbocycles. The Bertz CT molecular complexity index is 313. The van der Waals surface area contributed by atoms with E-state index in [1.165, 1.54) is 25.5 Å². The van der Waals surface area contributed by atoms with Gasteiger partial charge in [0.25, 0.3) is 5.91 Å². The molecule has 1 aromatic heterocycles. The fourth-order valence-electron chi connectivity index (χ4n) is 1.99. The third-order valence-electron chi connectivity index (χ3n) is 3.02. The molecule has 0 radical (unpaired) electrons. The standard InChI is InChI=1S/C11H16N2O2/c1-8-2-4-9(5-3-8)13-11(14)10-6-15-7-12-10/h6-9H,2-5H2,1H3,(H,13,14). The van der Waals surface area contributed by atoms with Crippen LogP contribution in [0.5, 0.6) is 0 Å². The van der Waals surface area contributed by atoms with Gasteiger partial charge in [-0.1, -0.05) is 6.92 Å². The van der Waals surface area contributed by atoms with Crippen LogP contribution in [0.2, 0.25) is 0 Å². The second-order valence-electron chi connectivity index (χ2n) is 4.30. The maximum absolute atomic E-state index is 11.6. The van der Waals surface area contributed by atoms with Gasteiger partial charge in [0.2, 0.25) is 0 Å². The van der Waals surface area contributed by atoms with Crippen LogP contribution in [0.4, 0.5) is 0 Å². The van der Waals surface area contributed by atoms with Crippen LogP contribution in [0.1, 0.15) is 43.1 Å². The summed E-state index contributed by atoms with van der Waals surface area (Å²) in [5, 5.41) is 2.98. The summed E-state index contributed by atoms with van der Waals surface area (Å²) in [5.41, 5.74) is 0.369. The molecule has 1 N–H and O–H groups in total. The molecule has 1 fully saturated rings. The molecule has 82 valence electrons. The predicted octanol–water partition coefficient (Wildman–Crippen LogP) is 1.98. The van der Waals surface area contributed by atoms with Gasteiger partial charge in [-0.2, -0.15) is 0 Å². The van der Waals surface area contributed by atoms with Crippen LogP contribution in [0.25, 0.3) is 0 Å². The van der Waals surface area contributed by atoms with Crippen molar-refractivity contribution >= 4 is 5.91 Å². The van der Waals surface area contributed by atoms with Crippen LogP contribution in [-0.2, 0) is 0 Å². The monoisotopic (exact) mass is 208 g/mol. The number of aromatic nitrogens is 1. The zero-order valence-corrected chi connectivity index (χ0v) is 8.90. The molecule has 2 rings (SSSR count). The highest BCUT2D eigenvalue weighted by atomic mass is 16.3. The maximum Gasteiger partial charge on any atom is 0.273 e. The van der Waals surface area contributed by atoms with Crippen molar-refractivity contribution in [1.82, 2.24) is 10.3 Å². The first kappa shape index (κ1) is 10.2. The van der Waals surface area contributed by atoms with E-state index < -0.39 is 0 Å². The lowest BCUT2D eigenvalue weighted by Crippen LogP contribution is -2.37. The number of carbonyl (C=O) groups is 1. The van der Waals surface area contributed by atoms with Crippen LogP contribution in [-0.4, -0.2) is 16.9 Å². The first-order valence-corrected chi connectivity index (χ1v) is 5.45. The molecule has 0 saturated heterocycles. The minimum Gasteiger partial charge on any atom is -0.451 e. The Balaban J connectivity index is 1.85. The average Bonchev–Trinajstić information content (AvgIpc) is 2.74. The van der Waals surface area contributed by atoms with E-state index in [4.69, 9.17) is 4.42 Å². The second-order valence-corrected chi connectivity index (χ2v) is 4.30. The molecule has 15 heavy (non-hydrogen) atoms. The van der Waals surface area contributed by atoms with E-state index in [1.54, 1.807) is 0 Å². The van der Waals surface area contributed by atoms with E-state index in [1.807, 2.05) is 0 Å². The zero-order valence-electron chi connectivity index (χ0n) is 8.90. The number of amides is 1. The highest BCUT2D eigenvalue weighted by Gasteiger charge is 2.20. The van der Waals surface area contributed by atoms with Gasteiger partial charge in [0.05, 0.1) is 0 Å². The van der Waals surface area contributed by atoms with E-state index in [2.05, 4.69) is 17.2 Å². The summed E-state index contributed by atoms with van der Waals surface area (Å²) in [6.07, 6.45) is 7.20. The van der Waals surface area contributed by atoms with Gasteiger partial charge in [-0.05, 0) is 31.6 Å². The van der Waals surface area contributed by atoms with Gasteiger partial charge in [0.1, 0.15) is 6.26 Å². The highest BCUT2D eigenvalue weighted by Crippen LogP contribution is 2.23. The molecule has 1 aliphatic rings. The summed E-state index contributed by atoms with van der Waals surface area (Å²) in [4.78, 5) is 15.4. The highest BCUT2D eigenvalue weighted by molar-refractivity contribution is 5.91. The van der Waals surface area contributed by atoms with Crippen molar-refractivity contribution in [3.8, 4) is 0 Å². The van der Waals surface area contributed by atoms with E-state index in [0.717, 1.165) is 18.8 Å². The normalized spacial score (nSPS) is 26.2. The van der Waals surface area contributed by atoms with Crippen molar-refractivity contribution in [2.24, 2.45) is 5.92 Å². The van der Waals surface area contributed by atoms with Crippen LogP contribution in [0, 0.1) is 5.92 Å². The van der Waals surface area contributed by atoms with Crippen LogP contribution >= 0.6 is 0 Å². The van der Waals surface area contributed by atoms with Crippen molar-refractivity contribution in [3.05, 3.63) is 18.4 Å². The predicted molar refractivity (Wildman–Crippen MR) is 55.4 cm³/mol. The minimum atomic E-state index is -0.122. The Morgan fingerprint density at radius 1 is 1.47 bits per heavy atom. The van der Waals surface area contributed by atoms with Gasteiger partial charge in [-0.3, -0.25) is 4.79 Å². The Labute approximate surface area is 89.1 Å². The summed E-state index contributed by atoms with van der Waals surface area (Å²) in [6.45, 7) is 2.26. The molecule has 0 unspecified atom stereocenters. The van der Waals surface area contributed by atoms with Gasteiger partial charge in [0, 0.05) is 6.04 Å². The molecule has 0 atom stereocenters. The van der Waals surface area contributed by atoms with Crippen LogP contribution in [0.15, 0.2) is 17.1 Å². The molecule has 0 spiro atoms. The van der Waals surface area contributed by atoms with E-state index in [0.29, 0.717) is 11.7 Å². The molecule has 4 heteroatoms. The summed E-state index contributed by atoms with van der Waals surface area (Å²) in [7, 11) is 0. The number of nitrogens with zero attached hydrogens (tertiary/aromatic N) is 1. The molecule has 1 saturated carbocycles. The van der Waals surface area contributed by atoms with E-state index in [9.17, 15) is 4.79 Å². The summed E-state index contributed by atoms with van der Waals surface area (Å²) in [5.74, 6) is 0.675. The van der Waals surface area contributed by atoms with Crippen molar-refractivity contribution in [1.29, 1.82) is 0 Å². The van der Waals surface area contributed by atoms with Gasteiger partial charge in [-0.25, -0.2) is 4.98 Å². The topological polar surface area (TPSA) is 55.1 Å². The number of rotatable bonds is 2. The van der Waals surface area contributed by atoms with Crippen LogP contribution in [0.3, 0.4) is 0 Å². The smallest absolute Gasteiger partial charge is 0.273 e. The van der Waals surface area contributed by atoms with Crippen LogP contribution < -0.4 is 5.32 Å². The summed E-state index contributed by atoms with van der Waals surface area (Å²) >= 11 is 0. The van der Waals surface area contributed by atoms with E-state index in [-0.39, 0.29) is 5.91 Å². The molecular formula is C11H16N2O2. The van der Waals surface area contributed by atoms with Gasteiger partial charge < -0.3 is 9.73 Å². The maximum atomic E-state index is 11.6. The number of hydrogen-bond acceptors (Lipinski definition) is 3. The van der Waals surface area contributed by atoms with Gasteiger partial charge in [-0.15, -0.1) is 0 Å².